The SMILES string of the molecule is C\C=c1/c(=C\C=C(/N)CNC(C)(C)C)ccn1C(C)(C)C. The molecular weight excluding hydrogens is 258 g/mol. The molecule has 0 atom stereocenters. The number of rotatable bonds is 3. The van der Waals surface area contributed by atoms with Gasteiger partial charge in [0.1, 0.15) is 0 Å². The topological polar surface area (TPSA) is 43.0 Å². The molecule has 0 bridgehead atoms. The van der Waals surface area contributed by atoms with Crippen LogP contribution in [0.1, 0.15) is 48.5 Å². The van der Waals surface area contributed by atoms with Crippen LogP contribution in [-0.2, 0) is 5.54 Å². The standard InChI is InChI=1S/C18H31N3/c1-8-16-14(11-12-21(16)18(5,6)7)9-10-15(19)13-20-17(2,3)4/h8-12,20H,13,19H2,1-7H3/b14-9-,15-10-,16-8+. The first-order valence-electron chi connectivity index (χ1n) is 7.60. The van der Waals surface area contributed by atoms with Gasteiger partial charge in [0.25, 0.3) is 0 Å². The van der Waals surface area contributed by atoms with Crippen molar-refractivity contribution in [1.82, 2.24) is 9.88 Å². The van der Waals surface area contributed by atoms with Crippen LogP contribution in [0.25, 0.3) is 12.2 Å². The molecule has 3 heteroatoms. The fraction of sp³-hybridized carbons (Fsp3) is 0.556. The molecule has 1 rings (SSSR count). The van der Waals surface area contributed by atoms with Crippen LogP contribution in [-0.4, -0.2) is 16.7 Å². The minimum Gasteiger partial charge on any atom is -0.401 e. The number of aromatic nitrogens is 1. The Kier molecular flexibility index (Phi) is 5.46. The lowest BCUT2D eigenvalue weighted by molar-refractivity contribution is 0.389. The average molecular weight is 289 g/mol. The summed E-state index contributed by atoms with van der Waals surface area (Å²) in [5, 5.41) is 5.82. The first-order valence-corrected chi connectivity index (χ1v) is 7.60. The largest absolute Gasteiger partial charge is 0.401 e. The van der Waals surface area contributed by atoms with Gasteiger partial charge in [-0.3, -0.25) is 0 Å². The molecule has 0 amide bonds. The quantitative estimate of drug-likeness (QED) is 0.894. The van der Waals surface area contributed by atoms with E-state index in [1.165, 1.54) is 10.6 Å². The van der Waals surface area contributed by atoms with Crippen molar-refractivity contribution in [2.45, 2.75) is 59.5 Å². The van der Waals surface area contributed by atoms with Gasteiger partial charge in [0.15, 0.2) is 0 Å². The molecule has 118 valence electrons. The fourth-order valence-corrected chi connectivity index (χ4v) is 2.11. The van der Waals surface area contributed by atoms with Gasteiger partial charge in [0.05, 0.1) is 0 Å². The van der Waals surface area contributed by atoms with Gasteiger partial charge in [0.2, 0.25) is 0 Å². The summed E-state index contributed by atoms with van der Waals surface area (Å²) < 4.78 is 2.29. The second-order valence-electron chi connectivity index (χ2n) is 7.50. The van der Waals surface area contributed by atoms with E-state index in [4.69, 9.17) is 5.73 Å². The summed E-state index contributed by atoms with van der Waals surface area (Å²) in [5.41, 5.74) is 7.07. The molecule has 1 heterocycles. The van der Waals surface area contributed by atoms with Crippen LogP contribution in [0.3, 0.4) is 0 Å². The van der Waals surface area contributed by atoms with Gasteiger partial charge in [-0.15, -0.1) is 0 Å². The molecule has 0 saturated heterocycles. The molecule has 0 saturated carbocycles. The Morgan fingerprint density at radius 3 is 2.33 bits per heavy atom. The van der Waals surface area contributed by atoms with Gasteiger partial charge in [-0.05, 0) is 65.8 Å². The minimum atomic E-state index is 0.0797. The third kappa shape index (κ3) is 5.43. The predicted molar refractivity (Wildman–Crippen MR) is 93.3 cm³/mol. The first-order chi connectivity index (χ1) is 9.54. The lowest BCUT2D eigenvalue weighted by atomic mass is 10.1. The van der Waals surface area contributed by atoms with Crippen LogP contribution >= 0.6 is 0 Å². The number of allylic oxidation sites excluding steroid dienone is 1. The normalized spacial score (nSPS) is 15.9. The molecule has 0 spiro atoms. The van der Waals surface area contributed by atoms with Crippen molar-refractivity contribution in [2.24, 2.45) is 5.73 Å². The van der Waals surface area contributed by atoms with Gasteiger partial charge >= 0.3 is 0 Å². The third-order valence-corrected chi connectivity index (χ3v) is 3.25. The van der Waals surface area contributed by atoms with Gasteiger partial charge in [-0.1, -0.05) is 12.2 Å². The summed E-state index contributed by atoms with van der Waals surface area (Å²) in [4.78, 5) is 0. The molecule has 0 fully saturated rings. The lowest BCUT2D eigenvalue weighted by Crippen LogP contribution is -2.38. The van der Waals surface area contributed by atoms with E-state index >= 15 is 0 Å². The zero-order chi connectivity index (χ0) is 16.3. The van der Waals surface area contributed by atoms with Crippen LogP contribution in [0.5, 0.6) is 0 Å². The van der Waals surface area contributed by atoms with Crippen LogP contribution in [0.15, 0.2) is 24.0 Å². The van der Waals surface area contributed by atoms with Gasteiger partial charge < -0.3 is 15.6 Å². The highest BCUT2D eigenvalue weighted by Crippen LogP contribution is 2.09. The van der Waals surface area contributed by atoms with E-state index < -0.39 is 0 Å². The summed E-state index contributed by atoms with van der Waals surface area (Å²) >= 11 is 0. The van der Waals surface area contributed by atoms with E-state index in [9.17, 15) is 0 Å². The van der Waals surface area contributed by atoms with E-state index in [2.05, 4.69) is 82.8 Å². The van der Waals surface area contributed by atoms with Crippen molar-refractivity contribution in [3.8, 4) is 0 Å². The summed E-state index contributed by atoms with van der Waals surface area (Å²) in [5.74, 6) is 0. The Morgan fingerprint density at radius 2 is 1.86 bits per heavy atom. The molecule has 1 aromatic heterocycles. The number of hydrogen-bond acceptors (Lipinski definition) is 2. The molecular formula is C18H31N3. The second-order valence-corrected chi connectivity index (χ2v) is 7.50. The smallest absolute Gasteiger partial charge is 0.0441 e. The van der Waals surface area contributed by atoms with E-state index in [0.717, 1.165) is 5.70 Å². The summed E-state index contributed by atoms with van der Waals surface area (Å²) in [7, 11) is 0. The van der Waals surface area contributed by atoms with Gasteiger partial charge in [-0.25, -0.2) is 0 Å². The molecule has 0 aliphatic carbocycles. The summed E-state index contributed by atoms with van der Waals surface area (Å²) in [6, 6.07) is 2.14. The Morgan fingerprint density at radius 1 is 1.24 bits per heavy atom. The van der Waals surface area contributed by atoms with E-state index in [1.807, 2.05) is 6.08 Å². The van der Waals surface area contributed by atoms with Crippen molar-refractivity contribution < 1.29 is 0 Å². The molecule has 1 aromatic rings. The molecule has 3 nitrogen and oxygen atoms in total. The average Bonchev–Trinajstić information content (AvgIpc) is 2.75. The highest BCUT2D eigenvalue weighted by atomic mass is 15.0. The van der Waals surface area contributed by atoms with Crippen molar-refractivity contribution >= 4 is 12.2 Å². The summed E-state index contributed by atoms with van der Waals surface area (Å²) in [6.45, 7) is 15.8. The van der Waals surface area contributed by atoms with Crippen LogP contribution in [0, 0.1) is 0 Å². The molecule has 0 unspecified atom stereocenters. The fourth-order valence-electron chi connectivity index (χ4n) is 2.11. The molecule has 0 aliphatic heterocycles. The Bertz CT molecular complexity index is 604. The highest BCUT2D eigenvalue weighted by Gasteiger charge is 2.12. The van der Waals surface area contributed by atoms with Crippen LogP contribution < -0.4 is 21.6 Å². The van der Waals surface area contributed by atoms with Crippen molar-refractivity contribution in [2.75, 3.05) is 6.54 Å². The van der Waals surface area contributed by atoms with Crippen LogP contribution in [0.2, 0.25) is 0 Å². The lowest BCUT2D eigenvalue weighted by Gasteiger charge is -2.21. The monoisotopic (exact) mass is 289 g/mol. The van der Waals surface area contributed by atoms with E-state index in [0.29, 0.717) is 6.54 Å². The second kappa shape index (κ2) is 6.52. The maximum Gasteiger partial charge on any atom is 0.0441 e. The predicted octanol–water partition coefficient (Wildman–Crippen LogP) is 2.05. The Labute approximate surface area is 129 Å². The Hall–Kier alpha value is -1.48. The third-order valence-electron chi connectivity index (χ3n) is 3.25. The molecule has 3 N–H and O–H groups in total. The zero-order valence-corrected chi connectivity index (χ0v) is 14.6. The highest BCUT2D eigenvalue weighted by molar-refractivity contribution is 5.40. The number of nitrogens with zero attached hydrogens (tertiary/aromatic N) is 1. The molecule has 21 heavy (non-hydrogen) atoms. The van der Waals surface area contributed by atoms with Crippen LogP contribution in [0.4, 0.5) is 0 Å². The van der Waals surface area contributed by atoms with Crippen molar-refractivity contribution in [3.05, 3.63) is 34.6 Å². The molecule has 0 aromatic carbocycles. The molecule has 0 aliphatic rings. The maximum absolute atomic E-state index is 6.06. The summed E-state index contributed by atoms with van der Waals surface area (Å²) in [6.07, 6.45) is 8.37. The van der Waals surface area contributed by atoms with Crippen molar-refractivity contribution in [3.63, 3.8) is 0 Å². The van der Waals surface area contributed by atoms with E-state index in [1.54, 1.807) is 0 Å². The number of nitrogens with two attached hydrogens (primary N) is 1. The van der Waals surface area contributed by atoms with E-state index in [-0.39, 0.29) is 11.1 Å². The zero-order valence-electron chi connectivity index (χ0n) is 14.6. The maximum atomic E-state index is 6.06. The van der Waals surface area contributed by atoms with Gasteiger partial charge in [-0.2, -0.15) is 0 Å². The number of nitrogens with one attached hydrogen (secondary N) is 1. The molecule has 0 radical (unpaired) electrons. The minimum absolute atomic E-state index is 0.0797. The number of hydrogen-bond donors (Lipinski definition) is 2. The Balaban J connectivity index is 3.05. The van der Waals surface area contributed by atoms with Crippen molar-refractivity contribution in [1.29, 1.82) is 0 Å². The van der Waals surface area contributed by atoms with Gasteiger partial charge in [0, 0.05) is 34.9 Å². The first kappa shape index (κ1) is 17.6.